The number of carbonyl (C=O) groups is 1. The molecular formula is C22H21ClN4O2. The fourth-order valence-corrected chi connectivity index (χ4v) is 4.17. The van der Waals surface area contributed by atoms with Crippen LogP contribution in [0.4, 0.5) is 5.95 Å². The molecule has 3 aromatic rings. The third-order valence-corrected chi connectivity index (χ3v) is 5.99. The molecule has 7 heteroatoms. The Morgan fingerprint density at radius 1 is 1.03 bits per heavy atom. The molecule has 0 radical (unpaired) electrons. The van der Waals surface area contributed by atoms with Crippen molar-refractivity contribution in [2.75, 3.05) is 12.0 Å². The van der Waals surface area contributed by atoms with Crippen molar-refractivity contribution in [1.29, 1.82) is 0 Å². The Bertz CT molecular complexity index is 1030. The highest BCUT2D eigenvalue weighted by molar-refractivity contribution is 6.30. The zero-order valence-electron chi connectivity index (χ0n) is 16.0. The number of amides is 1. The molecule has 148 valence electrons. The zero-order valence-corrected chi connectivity index (χ0v) is 16.8. The minimum Gasteiger partial charge on any atom is -0.497 e. The van der Waals surface area contributed by atoms with Gasteiger partial charge in [0.15, 0.2) is 0 Å². The second-order valence-electron chi connectivity index (χ2n) is 7.58. The summed E-state index contributed by atoms with van der Waals surface area (Å²) in [5, 5.41) is 5.15. The summed E-state index contributed by atoms with van der Waals surface area (Å²) >= 11 is 6.11. The number of benzene rings is 2. The Kier molecular flexibility index (Phi) is 4.51. The molecule has 1 aliphatic heterocycles. The summed E-state index contributed by atoms with van der Waals surface area (Å²) in [7, 11) is 1.66. The van der Waals surface area contributed by atoms with Crippen LogP contribution in [0.3, 0.4) is 0 Å². The lowest BCUT2D eigenvalue weighted by atomic mass is 9.91. The number of aromatic nitrogens is 3. The van der Waals surface area contributed by atoms with E-state index >= 15 is 0 Å². The monoisotopic (exact) mass is 408 g/mol. The number of ether oxygens (including phenoxy) is 1. The van der Waals surface area contributed by atoms with E-state index in [0.717, 1.165) is 29.7 Å². The fraction of sp³-hybridized carbons (Fsp3) is 0.318. The molecule has 1 aromatic heterocycles. The first-order valence-electron chi connectivity index (χ1n) is 9.77. The maximum atomic E-state index is 13.2. The van der Waals surface area contributed by atoms with E-state index in [-0.39, 0.29) is 23.9 Å². The van der Waals surface area contributed by atoms with E-state index in [0.29, 0.717) is 17.4 Å². The van der Waals surface area contributed by atoms with Gasteiger partial charge in [0.05, 0.1) is 19.2 Å². The lowest BCUT2D eigenvalue weighted by Gasteiger charge is -2.39. The van der Waals surface area contributed by atoms with Gasteiger partial charge in [-0.3, -0.25) is 9.69 Å². The van der Waals surface area contributed by atoms with Gasteiger partial charge in [0.25, 0.3) is 0 Å². The Labute approximate surface area is 174 Å². The van der Waals surface area contributed by atoms with Crippen molar-refractivity contribution in [3.8, 4) is 5.75 Å². The van der Waals surface area contributed by atoms with E-state index < -0.39 is 0 Å². The molecule has 1 amide bonds. The predicted octanol–water partition coefficient (Wildman–Crippen LogP) is 4.42. The highest BCUT2D eigenvalue weighted by Crippen LogP contribution is 2.45. The number of rotatable bonds is 4. The van der Waals surface area contributed by atoms with Crippen LogP contribution in [0.1, 0.15) is 42.5 Å². The second kappa shape index (κ2) is 7.19. The van der Waals surface area contributed by atoms with E-state index in [4.69, 9.17) is 16.3 Å². The number of hydrogen-bond acceptors (Lipinski definition) is 4. The lowest BCUT2D eigenvalue weighted by Crippen LogP contribution is -2.43. The van der Waals surface area contributed by atoms with Crippen molar-refractivity contribution < 1.29 is 9.53 Å². The van der Waals surface area contributed by atoms with Crippen molar-refractivity contribution in [1.82, 2.24) is 14.8 Å². The molecule has 1 aliphatic carbocycles. The maximum Gasteiger partial charge on any atom is 0.233 e. The Morgan fingerprint density at radius 2 is 1.69 bits per heavy atom. The molecule has 0 saturated heterocycles. The van der Waals surface area contributed by atoms with E-state index in [1.807, 2.05) is 58.1 Å². The molecule has 0 N–H and O–H groups in total. The third-order valence-electron chi connectivity index (χ3n) is 5.74. The third kappa shape index (κ3) is 3.27. The minimum atomic E-state index is -0.121. The van der Waals surface area contributed by atoms with E-state index in [1.54, 1.807) is 7.11 Å². The highest BCUT2D eigenvalue weighted by Gasteiger charge is 2.44. The van der Waals surface area contributed by atoms with Gasteiger partial charge in [0.1, 0.15) is 12.1 Å². The quantitative estimate of drug-likeness (QED) is 0.641. The van der Waals surface area contributed by atoms with Gasteiger partial charge < -0.3 is 4.74 Å². The normalized spacial score (nSPS) is 21.0. The SMILES string of the molecule is COc1ccc([C@H]2C[C@@H](c3ccc(Cl)cc3)N(C(=O)C3CC3)c3ncnn32)cc1. The van der Waals surface area contributed by atoms with Crippen LogP contribution in [0.2, 0.25) is 5.02 Å². The van der Waals surface area contributed by atoms with Gasteiger partial charge in [-0.2, -0.15) is 10.1 Å². The molecule has 0 bridgehead atoms. The largest absolute Gasteiger partial charge is 0.497 e. The van der Waals surface area contributed by atoms with Gasteiger partial charge in [-0.1, -0.05) is 35.9 Å². The first-order chi connectivity index (χ1) is 14.2. The van der Waals surface area contributed by atoms with Gasteiger partial charge in [-0.25, -0.2) is 4.68 Å². The summed E-state index contributed by atoms with van der Waals surface area (Å²) in [5.41, 5.74) is 2.16. The summed E-state index contributed by atoms with van der Waals surface area (Å²) in [6, 6.07) is 15.6. The fourth-order valence-electron chi connectivity index (χ4n) is 4.05. The number of nitrogens with zero attached hydrogens (tertiary/aromatic N) is 4. The molecule has 2 aromatic carbocycles. The average molecular weight is 409 g/mol. The highest BCUT2D eigenvalue weighted by atomic mass is 35.5. The number of fused-ring (bicyclic) bond motifs is 1. The average Bonchev–Trinajstić information content (AvgIpc) is 3.50. The summed E-state index contributed by atoms with van der Waals surface area (Å²) < 4.78 is 7.16. The molecule has 29 heavy (non-hydrogen) atoms. The van der Waals surface area contributed by atoms with Crippen LogP contribution in [0.5, 0.6) is 5.75 Å². The first-order valence-corrected chi connectivity index (χ1v) is 10.2. The summed E-state index contributed by atoms with van der Waals surface area (Å²) in [4.78, 5) is 19.5. The number of methoxy groups -OCH3 is 1. The van der Waals surface area contributed by atoms with E-state index in [9.17, 15) is 4.79 Å². The van der Waals surface area contributed by atoms with Gasteiger partial charge in [0.2, 0.25) is 11.9 Å². The summed E-state index contributed by atoms with van der Waals surface area (Å²) in [6.07, 6.45) is 4.13. The van der Waals surface area contributed by atoms with E-state index in [2.05, 4.69) is 10.1 Å². The van der Waals surface area contributed by atoms with Gasteiger partial charge in [0, 0.05) is 10.9 Å². The Hall–Kier alpha value is -2.86. The zero-order chi connectivity index (χ0) is 20.0. The first kappa shape index (κ1) is 18.2. The molecule has 5 rings (SSSR count). The van der Waals surface area contributed by atoms with Crippen molar-refractivity contribution in [2.24, 2.45) is 5.92 Å². The molecule has 2 aliphatic rings. The topological polar surface area (TPSA) is 60.2 Å². The van der Waals surface area contributed by atoms with Crippen LogP contribution >= 0.6 is 11.6 Å². The van der Waals surface area contributed by atoms with Crippen LogP contribution in [0, 0.1) is 5.92 Å². The number of halogens is 1. The Morgan fingerprint density at radius 3 is 2.34 bits per heavy atom. The second-order valence-corrected chi connectivity index (χ2v) is 8.02. The summed E-state index contributed by atoms with van der Waals surface area (Å²) in [6.45, 7) is 0. The van der Waals surface area contributed by atoms with Crippen LogP contribution in [-0.2, 0) is 4.79 Å². The van der Waals surface area contributed by atoms with Crippen LogP contribution in [0.15, 0.2) is 54.9 Å². The van der Waals surface area contributed by atoms with E-state index in [1.165, 1.54) is 6.33 Å². The molecule has 0 spiro atoms. The summed E-state index contributed by atoms with van der Waals surface area (Å²) in [5.74, 6) is 1.64. The number of hydrogen-bond donors (Lipinski definition) is 0. The van der Waals surface area contributed by atoms with Crippen molar-refractivity contribution in [2.45, 2.75) is 31.3 Å². The molecule has 2 heterocycles. The molecule has 1 fully saturated rings. The number of carbonyl (C=O) groups excluding carboxylic acids is 1. The lowest BCUT2D eigenvalue weighted by molar-refractivity contribution is -0.120. The van der Waals surface area contributed by atoms with Crippen molar-refractivity contribution >= 4 is 23.5 Å². The van der Waals surface area contributed by atoms with Gasteiger partial charge in [-0.05, 0) is 54.7 Å². The van der Waals surface area contributed by atoms with Crippen molar-refractivity contribution in [3.05, 3.63) is 71.0 Å². The maximum absolute atomic E-state index is 13.2. The predicted molar refractivity (Wildman–Crippen MR) is 110 cm³/mol. The van der Waals surface area contributed by atoms with Crippen LogP contribution in [0.25, 0.3) is 0 Å². The Balaban J connectivity index is 1.60. The van der Waals surface area contributed by atoms with Crippen molar-refractivity contribution in [3.63, 3.8) is 0 Å². The van der Waals surface area contributed by atoms with Crippen LogP contribution < -0.4 is 9.64 Å². The molecule has 1 saturated carbocycles. The van der Waals surface area contributed by atoms with Gasteiger partial charge >= 0.3 is 0 Å². The standard InChI is InChI=1S/C22H21ClN4O2/c1-29-18-10-6-15(7-11-18)20-12-19(14-4-8-17(23)9-5-14)26(21(28)16-2-3-16)22-24-13-25-27(20)22/h4-11,13,16,19-20H,2-3,12H2,1H3/t19-,20+/m0/s1. The smallest absolute Gasteiger partial charge is 0.233 e. The molecular weight excluding hydrogens is 388 g/mol. The molecule has 0 unspecified atom stereocenters. The number of anilines is 1. The van der Waals surface area contributed by atoms with Crippen LogP contribution in [-0.4, -0.2) is 27.8 Å². The molecule has 6 nitrogen and oxygen atoms in total. The van der Waals surface area contributed by atoms with Gasteiger partial charge in [-0.15, -0.1) is 0 Å². The molecule has 2 atom stereocenters. The minimum absolute atomic E-state index is 0.0256.